The van der Waals surface area contributed by atoms with Crippen molar-refractivity contribution in [1.82, 2.24) is 9.62 Å². The summed E-state index contributed by atoms with van der Waals surface area (Å²) < 4.78 is 30.1. The predicted molar refractivity (Wildman–Crippen MR) is 86.4 cm³/mol. The van der Waals surface area contributed by atoms with Crippen molar-refractivity contribution in [3.63, 3.8) is 0 Å². The third-order valence-electron chi connectivity index (χ3n) is 3.28. The minimum Gasteiger partial charge on any atom is -0.497 e. The summed E-state index contributed by atoms with van der Waals surface area (Å²) in [6.45, 7) is 2.74. The van der Waals surface area contributed by atoms with Gasteiger partial charge < -0.3 is 10.1 Å². The van der Waals surface area contributed by atoms with Gasteiger partial charge >= 0.3 is 0 Å². The lowest BCUT2D eigenvalue weighted by molar-refractivity contribution is -0.120. The average Bonchev–Trinajstić information content (AvgIpc) is 2.49. The standard InChI is InChI=1S/C15H24N2O4S/c1-4-15(18)16-10-12-17(22(3,19)20)11-9-13-5-7-14(21-2)8-6-13/h5-8H,4,9-12H2,1-3H3,(H,16,18). The molecule has 1 aromatic carbocycles. The van der Waals surface area contributed by atoms with Crippen LogP contribution in [0, 0.1) is 0 Å². The van der Waals surface area contributed by atoms with Crippen LogP contribution in [0.25, 0.3) is 0 Å². The van der Waals surface area contributed by atoms with E-state index < -0.39 is 10.0 Å². The fraction of sp³-hybridized carbons (Fsp3) is 0.533. The lowest BCUT2D eigenvalue weighted by Crippen LogP contribution is -2.39. The first-order chi connectivity index (χ1) is 10.4. The summed E-state index contributed by atoms with van der Waals surface area (Å²) in [6, 6.07) is 7.53. The molecule has 7 heteroatoms. The van der Waals surface area contributed by atoms with E-state index in [0.717, 1.165) is 11.3 Å². The number of rotatable bonds is 9. The second-order valence-electron chi connectivity index (χ2n) is 4.96. The predicted octanol–water partition coefficient (Wildman–Crippen LogP) is 1.03. The molecular formula is C15H24N2O4S. The molecule has 1 aromatic rings. The highest BCUT2D eigenvalue weighted by Gasteiger charge is 2.16. The molecule has 124 valence electrons. The number of methoxy groups -OCH3 is 1. The third kappa shape index (κ3) is 6.44. The number of benzene rings is 1. The van der Waals surface area contributed by atoms with Crippen molar-refractivity contribution < 1.29 is 17.9 Å². The number of carbonyl (C=O) groups excluding carboxylic acids is 1. The van der Waals surface area contributed by atoms with Crippen LogP contribution in [0.5, 0.6) is 5.75 Å². The maximum Gasteiger partial charge on any atom is 0.219 e. The number of hydrogen-bond acceptors (Lipinski definition) is 4. The normalized spacial score (nSPS) is 11.5. The zero-order chi connectivity index (χ0) is 16.6. The van der Waals surface area contributed by atoms with Crippen molar-refractivity contribution >= 4 is 15.9 Å². The zero-order valence-corrected chi connectivity index (χ0v) is 14.1. The van der Waals surface area contributed by atoms with Crippen molar-refractivity contribution in [3.8, 4) is 5.75 Å². The molecular weight excluding hydrogens is 304 g/mol. The fourth-order valence-electron chi connectivity index (χ4n) is 1.93. The molecule has 22 heavy (non-hydrogen) atoms. The molecule has 0 unspecified atom stereocenters. The van der Waals surface area contributed by atoms with Gasteiger partial charge in [-0.2, -0.15) is 0 Å². The summed E-state index contributed by atoms with van der Waals surface area (Å²) in [5, 5.41) is 2.69. The van der Waals surface area contributed by atoms with Crippen LogP contribution in [0.2, 0.25) is 0 Å². The van der Waals surface area contributed by atoms with Crippen molar-refractivity contribution in [2.24, 2.45) is 0 Å². The molecule has 0 aromatic heterocycles. The minimum absolute atomic E-state index is 0.0800. The second-order valence-corrected chi connectivity index (χ2v) is 6.95. The maximum absolute atomic E-state index is 11.8. The van der Waals surface area contributed by atoms with Gasteiger partial charge in [0, 0.05) is 26.1 Å². The molecule has 1 amide bonds. The lowest BCUT2D eigenvalue weighted by Gasteiger charge is -2.20. The first kappa shape index (κ1) is 18.4. The first-order valence-electron chi connectivity index (χ1n) is 7.21. The van der Waals surface area contributed by atoms with Crippen molar-refractivity contribution in [1.29, 1.82) is 0 Å². The van der Waals surface area contributed by atoms with Gasteiger partial charge in [-0.3, -0.25) is 4.79 Å². The summed E-state index contributed by atoms with van der Waals surface area (Å²) in [7, 11) is -1.69. The molecule has 0 aliphatic carbocycles. The fourth-order valence-corrected chi connectivity index (χ4v) is 2.78. The number of ether oxygens (including phenoxy) is 1. The molecule has 0 aliphatic heterocycles. The number of sulfonamides is 1. The molecule has 0 radical (unpaired) electrons. The Morgan fingerprint density at radius 2 is 1.86 bits per heavy atom. The summed E-state index contributed by atoms with van der Waals surface area (Å²) in [5.74, 6) is 0.689. The van der Waals surface area contributed by atoms with E-state index in [0.29, 0.717) is 25.9 Å². The van der Waals surface area contributed by atoms with Crippen LogP contribution in [0.3, 0.4) is 0 Å². The van der Waals surface area contributed by atoms with Gasteiger partial charge in [-0.25, -0.2) is 12.7 Å². The smallest absolute Gasteiger partial charge is 0.219 e. The Kier molecular flexibility index (Phi) is 7.34. The van der Waals surface area contributed by atoms with Crippen LogP contribution in [-0.4, -0.2) is 51.6 Å². The van der Waals surface area contributed by atoms with Gasteiger partial charge in [0.25, 0.3) is 0 Å². The van der Waals surface area contributed by atoms with Crippen molar-refractivity contribution in [2.75, 3.05) is 33.0 Å². The Hall–Kier alpha value is -1.60. The average molecular weight is 328 g/mol. The van der Waals surface area contributed by atoms with Gasteiger partial charge in [0.2, 0.25) is 15.9 Å². The van der Waals surface area contributed by atoms with Gasteiger partial charge in [-0.1, -0.05) is 19.1 Å². The van der Waals surface area contributed by atoms with Crippen LogP contribution in [0.4, 0.5) is 0 Å². The van der Waals surface area contributed by atoms with E-state index >= 15 is 0 Å². The van der Waals surface area contributed by atoms with Crippen LogP contribution in [0.15, 0.2) is 24.3 Å². The Balaban J connectivity index is 2.56. The summed E-state index contributed by atoms with van der Waals surface area (Å²) in [5.41, 5.74) is 1.03. The molecule has 0 spiro atoms. The molecule has 0 fully saturated rings. The van der Waals surface area contributed by atoms with Gasteiger partial charge in [0.1, 0.15) is 5.75 Å². The molecule has 0 bridgehead atoms. The van der Waals surface area contributed by atoms with Gasteiger partial charge in [0.05, 0.1) is 13.4 Å². The van der Waals surface area contributed by atoms with E-state index in [2.05, 4.69) is 5.32 Å². The molecule has 0 saturated heterocycles. The van der Waals surface area contributed by atoms with Crippen LogP contribution in [0.1, 0.15) is 18.9 Å². The summed E-state index contributed by atoms with van der Waals surface area (Å²) in [6.07, 6.45) is 2.19. The Morgan fingerprint density at radius 3 is 2.36 bits per heavy atom. The second kappa shape index (κ2) is 8.75. The maximum atomic E-state index is 11.8. The number of amides is 1. The summed E-state index contributed by atoms with van der Waals surface area (Å²) >= 11 is 0. The van der Waals surface area contributed by atoms with Gasteiger partial charge in [0.15, 0.2) is 0 Å². The Labute approximate surface area is 132 Å². The molecule has 0 saturated carbocycles. The molecule has 1 N–H and O–H groups in total. The van der Waals surface area contributed by atoms with Crippen LogP contribution >= 0.6 is 0 Å². The number of carbonyl (C=O) groups is 1. The molecule has 6 nitrogen and oxygen atoms in total. The third-order valence-corrected chi connectivity index (χ3v) is 4.59. The quantitative estimate of drug-likeness (QED) is 0.734. The van der Waals surface area contributed by atoms with Crippen molar-refractivity contribution in [2.45, 2.75) is 19.8 Å². The minimum atomic E-state index is -3.30. The van der Waals surface area contributed by atoms with Gasteiger partial charge in [-0.15, -0.1) is 0 Å². The highest BCUT2D eigenvalue weighted by molar-refractivity contribution is 7.88. The SMILES string of the molecule is CCC(=O)NCCN(CCc1ccc(OC)cc1)S(C)(=O)=O. The highest BCUT2D eigenvalue weighted by Crippen LogP contribution is 2.12. The highest BCUT2D eigenvalue weighted by atomic mass is 32.2. The summed E-state index contributed by atoms with van der Waals surface area (Å²) in [4.78, 5) is 11.2. The van der Waals surface area contributed by atoms with E-state index in [-0.39, 0.29) is 12.5 Å². The van der Waals surface area contributed by atoms with Crippen LogP contribution < -0.4 is 10.1 Å². The van der Waals surface area contributed by atoms with E-state index in [1.807, 2.05) is 24.3 Å². The lowest BCUT2D eigenvalue weighted by atomic mass is 10.1. The van der Waals surface area contributed by atoms with Gasteiger partial charge in [-0.05, 0) is 24.1 Å². The number of nitrogens with one attached hydrogen (secondary N) is 1. The first-order valence-corrected chi connectivity index (χ1v) is 9.06. The number of nitrogens with zero attached hydrogens (tertiary/aromatic N) is 1. The Bertz CT molecular complexity index is 570. The van der Waals surface area contributed by atoms with E-state index in [9.17, 15) is 13.2 Å². The topological polar surface area (TPSA) is 75.7 Å². The molecule has 0 atom stereocenters. The van der Waals surface area contributed by atoms with E-state index in [1.165, 1.54) is 10.6 Å². The van der Waals surface area contributed by atoms with E-state index in [1.54, 1.807) is 14.0 Å². The monoisotopic (exact) mass is 328 g/mol. The largest absolute Gasteiger partial charge is 0.497 e. The molecule has 1 rings (SSSR count). The number of hydrogen-bond donors (Lipinski definition) is 1. The molecule has 0 heterocycles. The van der Waals surface area contributed by atoms with Crippen LogP contribution in [-0.2, 0) is 21.2 Å². The molecule has 0 aliphatic rings. The van der Waals surface area contributed by atoms with E-state index in [4.69, 9.17) is 4.74 Å². The van der Waals surface area contributed by atoms with Crippen molar-refractivity contribution in [3.05, 3.63) is 29.8 Å². The zero-order valence-electron chi connectivity index (χ0n) is 13.3. The Morgan fingerprint density at radius 1 is 1.23 bits per heavy atom.